The second-order valence-corrected chi connectivity index (χ2v) is 5.55. The third-order valence-corrected chi connectivity index (χ3v) is 3.40. The van der Waals surface area contributed by atoms with Crippen LogP contribution in [0.3, 0.4) is 0 Å². The summed E-state index contributed by atoms with van der Waals surface area (Å²) in [4.78, 5) is 11.6. The van der Waals surface area contributed by atoms with Crippen molar-refractivity contribution in [3.63, 3.8) is 0 Å². The molecule has 5 heteroatoms. The Bertz CT molecular complexity index is 179. The Balaban J connectivity index is 3.70. The largest absolute Gasteiger partial charge is 0.352 e. The Hall–Kier alpha value is 0.130. The van der Waals surface area contributed by atoms with Crippen LogP contribution < -0.4 is 11.1 Å². The first kappa shape index (κ1) is 15.1. The second kappa shape index (κ2) is 9.36. The van der Waals surface area contributed by atoms with Gasteiger partial charge in [0, 0.05) is 6.04 Å². The van der Waals surface area contributed by atoms with Gasteiger partial charge >= 0.3 is 0 Å². The quantitative estimate of drug-likeness (QED) is 0.682. The van der Waals surface area contributed by atoms with E-state index in [9.17, 15) is 4.79 Å². The van der Waals surface area contributed by atoms with Crippen LogP contribution >= 0.6 is 23.5 Å². The van der Waals surface area contributed by atoms with Crippen LogP contribution in [0.1, 0.15) is 19.8 Å². The minimum Gasteiger partial charge on any atom is -0.352 e. The zero-order chi connectivity index (χ0) is 11.7. The predicted molar refractivity (Wildman–Crippen MR) is 71.6 cm³/mol. The first-order chi connectivity index (χ1) is 7.11. The number of carbonyl (C=O) groups is 1. The number of hydrogen-bond donors (Lipinski definition) is 2. The number of nitrogens with one attached hydrogen (secondary N) is 1. The number of thioether (sulfide) groups is 2. The van der Waals surface area contributed by atoms with E-state index < -0.39 is 0 Å². The molecule has 0 aliphatic heterocycles. The zero-order valence-electron chi connectivity index (χ0n) is 9.79. The van der Waals surface area contributed by atoms with Gasteiger partial charge in [-0.1, -0.05) is 0 Å². The van der Waals surface area contributed by atoms with Crippen LogP contribution in [-0.4, -0.2) is 42.0 Å². The van der Waals surface area contributed by atoms with Gasteiger partial charge in [-0.05, 0) is 43.8 Å². The van der Waals surface area contributed by atoms with Crippen molar-refractivity contribution < 1.29 is 4.79 Å². The molecule has 0 fully saturated rings. The Morgan fingerprint density at radius 3 is 2.33 bits per heavy atom. The lowest BCUT2D eigenvalue weighted by molar-refractivity contribution is -0.123. The highest BCUT2D eigenvalue weighted by Crippen LogP contribution is 2.02. The maximum Gasteiger partial charge on any atom is 0.237 e. The van der Waals surface area contributed by atoms with Crippen LogP contribution in [0, 0.1) is 0 Å². The zero-order valence-corrected chi connectivity index (χ0v) is 11.4. The summed E-state index contributed by atoms with van der Waals surface area (Å²) >= 11 is 3.51. The lowest BCUT2D eigenvalue weighted by atomic mass is 10.2. The number of hydrogen-bond acceptors (Lipinski definition) is 4. The summed E-state index contributed by atoms with van der Waals surface area (Å²) in [5, 5.41) is 2.94. The number of rotatable bonds is 8. The van der Waals surface area contributed by atoms with Crippen LogP contribution in [0.5, 0.6) is 0 Å². The minimum atomic E-state index is -0.353. The maximum absolute atomic E-state index is 11.6. The van der Waals surface area contributed by atoms with Gasteiger partial charge in [0.2, 0.25) is 5.91 Å². The highest BCUT2D eigenvalue weighted by molar-refractivity contribution is 7.98. The monoisotopic (exact) mass is 250 g/mol. The van der Waals surface area contributed by atoms with E-state index in [1.807, 2.05) is 13.2 Å². The van der Waals surface area contributed by atoms with Gasteiger partial charge in [0.25, 0.3) is 0 Å². The predicted octanol–water partition coefficient (Wildman–Crippen LogP) is 1.32. The average molecular weight is 250 g/mol. The van der Waals surface area contributed by atoms with Gasteiger partial charge in [-0.25, -0.2) is 0 Å². The van der Waals surface area contributed by atoms with Crippen LogP contribution in [0.2, 0.25) is 0 Å². The summed E-state index contributed by atoms with van der Waals surface area (Å²) in [6.45, 7) is 2.02. The van der Waals surface area contributed by atoms with Gasteiger partial charge in [-0.2, -0.15) is 23.5 Å². The molecule has 0 saturated carbocycles. The summed E-state index contributed by atoms with van der Waals surface area (Å²) in [5.41, 5.74) is 5.75. The molecule has 0 aliphatic carbocycles. The van der Waals surface area contributed by atoms with Gasteiger partial charge in [-0.3, -0.25) is 4.79 Å². The average Bonchev–Trinajstić information content (AvgIpc) is 2.22. The van der Waals surface area contributed by atoms with Crippen LogP contribution in [0.25, 0.3) is 0 Å². The van der Waals surface area contributed by atoms with Gasteiger partial charge in [0.1, 0.15) is 0 Å². The highest BCUT2D eigenvalue weighted by atomic mass is 32.2. The van der Waals surface area contributed by atoms with Crippen molar-refractivity contribution in [3.05, 3.63) is 0 Å². The van der Waals surface area contributed by atoms with E-state index in [2.05, 4.69) is 11.6 Å². The SMILES string of the molecule is CSCCC(C)NC(=O)[C@@H](N)CCSC. The van der Waals surface area contributed by atoms with E-state index in [1.54, 1.807) is 23.5 Å². The molecule has 1 amide bonds. The Morgan fingerprint density at radius 2 is 1.80 bits per heavy atom. The molecule has 0 radical (unpaired) electrons. The first-order valence-corrected chi connectivity index (χ1v) is 7.94. The summed E-state index contributed by atoms with van der Waals surface area (Å²) in [7, 11) is 0. The lowest BCUT2D eigenvalue weighted by Gasteiger charge is -2.16. The topological polar surface area (TPSA) is 55.1 Å². The molecule has 0 heterocycles. The van der Waals surface area contributed by atoms with Crippen LogP contribution in [-0.2, 0) is 4.79 Å². The second-order valence-electron chi connectivity index (χ2n) is 3.58. The molecule has 0 aliphatic rings. The molecule has 0 saturated heterocycles. The molecular weight excluding hydrogens is 228 g/mol. The van der Waals surface area contributed by atoms with E-state index in [0.29, 0.717) is 0 Å². The summed E-state index contributed by atoms with van der Waals surface area (Å²) < 4.78 is 0. The number of amides is 1. The molecule has 0 spiro atoms. The van der Waals surface area contributed by atoms with Gasteiger partial charge in [-0.15, -0.1) is 0 Å². The van der Waals surface area contributed by atoms with E-state index >= 15 is 0 Å². The van der Waals surface area contributed by atoms with Crippen molar-refractivity contribution in [2.45, 2.75) is 31.8 Å². The minimum absolute atomic E-state index is 0.0161. The van der Waals surface area contributed by atoms with Crippen molar-refractivity contribution >= 4 is 29.4 Å². The summed E-state index contributed by atoms with van der Waals surface area (Å²) in [5.74, 6) is 1.99. The molecule has 0 bridgehead atoms. The van der Waals surface area contributed by atoms with Crippen molar-refractivity contribution in [1.29, 1.82) is 0 Å². The smallest absolute Gasteiger partial charge is 0.237 e. The van der Waals surface area contributed by atoms with Crippen LogP contribution in [0.4, 0.5) is 0 Å². The molecule has 15 heavy (non-hydrogen) atoms. The molecule has 0 aromatic rings. The van der Waals surface area contributed by atoms with Gasteiger partial charge in [0.15, 0.2) is 0 Å². The Kier molecular flexibility index (Phi) is 9.44. The van der Waals surface area contributed by atoms with Crippen LogP contribution in [0.15, 0.2) is 0 Å². The van der Waals surface area contributed by atoms with Crippen molar-refractivity contribution in [2.75, 3.05) is 24.0 Å². The first-order valence-electron chi connectivity index (χ1n) is 5.15. The van der Waals surface area contributed by atoms with Gasteiger partial charge in [0.05, 0.1) is 6.04 Å². The Labute approximate surface area is 101 Å². The normalized spacial score (nSPS) is 14.7. The Morgan fingerprint density at radius 1 is 1.27 bits per heavy atom. The number of nitrogens with two attached hydrogens (primary N) is 1. The molecule has 0 rings (SSSR count). The van der Waals surface area contributed by atoms with E-state index in [1.165, 1.54) is 0 Å². The summed E-state index contributed by atoms with van der Waals surface area (Å²) in [6, 6.07) is -0.126. The standard InChI is InChI=1S/C10H22N2OS2/c1-8(4-6-14-2)12-10(13)9(11)5-7-15-3/h8-9H,4-7,11H2,1-3H3,(H,12,13)/t8?,9-/m0/s1. The van der Waals surface area contributed by atoms with E-state index in [4.69, 9.17) is 5.73 Å². The molecule has 0 aromatic heterocycles. The van der Waals surface area contributed by atoms with Crippen molar-refractivity contribution in [3.8, 4) is 0 Å². The molecule has 1 unspecified atom stereocenters. The van der Waals surface area contributed by atoms with E-state index in [0.717, 1.165) is 24.3 Å². The molecule has 2 atom stereocenters. The molecule has 90 valence electrons. The van der Waals surface area contributed by atoms with E-state index in [-0.39, 0.29) is 18.0 Å². The fourth-order valence-corrected chi connectivity index (χ4v) is 2.17. The third kappa shape index (κ3) is 7.99. The van der Waals surface area contributed by atoms with Crippen molar-refractivity contribution in [2.24, 2.45) is 5.73 Å². The summed E-state index contributed by atoms with van der Waals surface area (Å²) in [6.07, 6.45) is 5.84. The van der Waals surface area contributed by atoms with Gasteiger partial charge < -0.3 is 11.1 Å². The number of carbonyl (C=O) groups excluding carboxylic acids is 1. The fourth-order valence-electron chi connectivity index (χ4n) is 1.09. The third-order valence-electron chi connectivity index (χ3n) is 2.11. The molecule has 3 nitrogen and oxygen atoms in total. The highest BCUT2D eigenvalue weighted by Gasteiger charge is 2.14. The molecule has 3 N–H and O–H groups in total. The van der Waals surface area contributed by atoms with Crippen molar-refractivity contribution in [1.82, 2.24) is 5.32 Å². The maximum atomic E-state index is 11.6. The lowest BCUT2D eigenvalue weighted by Crippen LogP contribution is -2.44. The fraction of sp³-hybridized carbons (Fsp3) is 0.900. The molecule has 0 aromatic carbocycles. The molecular formula is C10H22N2OS2.